The van der Waals surface area contributed by atoms with E-state index in [4.69, 9.17) is 4.74 Å². The van der Waals surface area contributed by atoms with E-state index in [1.165, 1.54) is 5.56 Å². The first-order valence-corrected chi connectivity index (χ1v) is 6.70. The Balaban J connectivity index is 1.85. The van der Waals surface area contributed by atoms with Crippen LogP contribution in [0.1, 0.15) is 11.7 Å². The number of fused-ring (bicyclic) bond motifs is 1. The van der Waals surface area contributed by atoms with Gasteiger partial charge in [0.25, 0.3) is 0 Å². The maximum Gasteiger partial charge on any atom is 0.234 e. The molecule has 5 heteroatoms. The van der Waals surface area contributed by atoms with Crippen LogP contribution in [0.3, 0.4) is 0 Å². The lowest BCUT2D eigenvalue weighted by Gasteiger charge is -2.25. The molecule has 0 saturated carbocycles. The van der Waals surface area contributed by atoms with E-state index in [0.717, 1.165) is 30.3 Å². The van der Waals surface area contributed by atoms with Crippen molar-refractivity contribution in [1.82, 2.24) is 5.32 Å². The molecule has 2 aliphatic heterocycles. The monoisotopic (exact) mass is 250 g/mol. The number of hydrogen-bond acceptors (Lipinski definition) is 4. The van der Waals surface area contributed by atoms with Gasteiger partial charge in [-0.1, -0.05) is 6.07 Å². The fraction of sp³-hybridized carbons (Fsp3) is 0.417. The summed E-state index contributed by atoms with van der Waals surface area (Å²) in [6.07, 6.45) is 0.132. The molecular formula is C12H14N2O2S. The Morgan fingerprint density at radius 3 is 3.18 bits per heavy atom. The minimum absolute atomic E-state index is 0.0748. The van der Waals surface area contributed by atoms with Gasteiger partial charge in [-0.05, 0) is 17.7 Å². The predicted octanol–water partition coefficient (Wildman–Crippen LogP) is 1.39. The molecule has 0 spiro atoms. The fourth-order valence-corrected chi connectivity index (χ4v) is 2.92. The summed E-state index contributed by atoms with van der Waals surface area (Å²) in [5.41, 5.74) is 2.10. The first-order chi connectivity index (χ1) is 8.33. The number of anilines is 1. The zero-order valence-electron chi connectivity index (χ0n) is 9.36. The van der Waals surface area contributed by atoms with Gasteiger partial charge < -0.3 is 15.4 Å². The second-order valence-corrected chi connectivity index (χ2v) is 5.17. The van der Waals surface area contributed by atoms with Crippen molar-refractivity contribution in [3.8, 4) is 0 Å². The molecule has 0 radical (unpaired) electrons. The summed E-state index contributed by atoms with van der Waals surface area (Å²) in [6, 6.07) is 6.12. The summed E-state index contributed by atoms with van der Waals surface area (Å²) in [4.78, 5) is 12.4. The van der Waals surface area contributed by atoms with Crippen molar-refractivity contribution in [3.05, 3.63) is 23.8 Å². The molecular weight excluding hydrogens is 236 g/mol. The van der Waals surface area contributed by atoms with Crippen LogP contribution in [0.25, 0.3) is 0 Å². The Labute approximate surface area is 104 Å². The second-order valence-electron chi connectivity index (χ2n) is 4.16. The van der Waals surface area contributed by atoms with Crippen LogP contribution in [0.4, 0.5) is 5.69 Å². The topological polar surface area (TPSA) is 50.4 Å². The van der Waals surface area contributed by atoms with Crippen molar-refractivity contribution in [3.63, 3.8) is 0 Å². The molecule has 1 amide bonds. The average molecular weight is 250 g/mol. The predicted molar refractivity (Wildman–Crippen MR) is 67.4 cm³/mol. The Kier molecular flexibility index (Phi) is 3.05. The lowest BCUT2D eigenvalue weighted by Crippen LogP contribution is -2.33. The maximum absolute atomic E-state index is 11.2. The molecule has 0 aliphatic carbocycles. The molecule has 1 aromatic rings. The van der Waals surface area contributed by atoms with Crippen molar-refractivity contribution >= 4 is 23.4 Å². The summed E-state index contributed by atoms with van der Waals surface area (Å²) < 4.78 is 5.72. The summed E-state index contributed by atoms with van der Waals surface area (Å²) in [5, 5.41) is 6.19. The number of carbonyl (C=O) groups is 1. The van der Waals surface area contributed by atoms with Gasteiger partial charge in [-0.25, -0.2) is 0 Å². The van der Waals surface area contributed by atoms with E-state index in [-0.39, 0.29) is 12.0 Å². The largest absolute Gasteiger partial charge is 0.371 e. The van der Waals surface area contributed by atoms with Crippen LogP contribution >= 0.6 is 11.8 Å². The molecule has 2 N–H and O–H groups in total. The van der Waals surface area contributed by atoms with Gasteiger partial charge in [0.2, 0.25) is 5.91 Å². The second kappa shape index (κ2) is 4.68. The Morgan fingerprint density at radius 2 is 2.35 bits per heavy atom. The van der Waals surface area contributed by atoms with Crippen LogP contribution in [0.15, 0.2) is 23.1 Å². The normalized spacial score (nSPS) is 24.0. The third-order valence-corrected chi connectivity index (χ3v) is 3.99. The van der Waals surface area contributed by atoms with Crippen molar-refractivity contribution in [2.75, 3.05) is 30.8 Å². The van der Waals surface area contributed by atoms with Crippen molar-refractivity contribution in [2.24, 2.45) is 0 Å². The standard InChI is InChI=1S/C12H14N2O2S/c15-12-7-17-11-5-8(1-2-9(11)14-12)10-6-13-3-4-16-10/h1-2,5,10,13H,3-4,6-7H2,(H,14,15). The van der Waals surface area contributed by atoms with Crippen LogP contribution in [0, 0.1) is 0 Å². The minimum Gasteiger partial charge on any atom is -0.371 e. The summed E-state index contributed by atoms with van der Waals surface area (Å²) in [5.74, 6) is 0.575. The number of hydrogen-bond donors (Lipinski definition) is 2. The first-order valence-electron chi connectivity index (χ1n) is 5.72. The van der Waals surface area contributed by atoms with Crippen LogP contribution in [0.2, 0.25) is 0 Å². The number of rotatable bonds is 1. The fourth-order valence-electron chi connectivity index (χ4n) is 2.07. The molecule has 17 heavy (non-hydrogen) atoms. The number of amides is 1. The van der Waals surface area contributed by atoms with Gasteiger partial charge >= 0.3 is 0 Å². The molecule has 2 aliphatic rings. The van der Waals surface area contributed by atoms with E-state index >= 15 is 0 Å². The molecule has 90 valence electrons. The zero-order chi connectivity index (χ0) is 11.7. The number of benzene rings is 1. The number of nitrogens with one attached hydrogen (secondary N) is 2. The molecule has 1 fully saturated rings. The minimum atomic E-state index is 0.0748. The lowest BCUT2D eigenvalue weighted by molar-refractivity contribution is -0.113. The van der Waals surface area contributed by atoms with E-state index in [2.05, 4.69) is 16.7 Å². The molecule has 3 rings (SSSR count). The molecule has 1 unspecified atom stereocenters. The van der Waals surface area contributed by atoms with E-state index in [9.17, 15) is 4.79 Å². The van der Waals surface area contributed by atoms with Crippen molar-refractivity contribution in [1.29, 1.82) is 0 Å². The summed E-state index contributed by atoms with van der Waals surface area (Å²) in [6.45, 7) is 2.54. The smallest absolute Gasteiger partial charge is 0.234 e. The highest BCUT2D eigenvalue weighted by molar-refractivity contribution is 8.00. The van der Waals surface area contributed by atoms with E-state index in [1.54, 1.807) is 11.8 Å². The summed E-state index contributed by atoms with van der Waals surface area (Å²) in [7, 11) is 0. The number of carbonyl (C=O) groups excluding carboxylic acids is 1. The average Bonchev–Trinajstić information content (AvgIpc) is 2.39. The van der Waals surface area contributed by atoms with Crippen LogP contribution in [0.5, 0.6) is 0 Å². The zero-order valence-corrected chi connectivity index (χ0v) is 10.2. The summed E-state index contributed by atoms with van der Waals surface area (Å²) >= 11 is 1.59. The first kappa shape index (κ1) is 11.1. The van der Waals surface area contributed by atoms with Crippen molar-refractivity contribution < 1.29 is 9.53 Å². The van der Waals surface area contributed by atoms with Gasteiger partial charge in [-0.2, -0.15) is 0 Å². The van der Waals surface area contributed by atoms with Gasteiger partial charge in [0, 0.05) is 18.0 Å². The van der Waals surface area contributed by atoms with E-state index in [1.807, 2.05) is 12.1 Å². The van der Waals surface area contributed by atoms with Gasteiger partial charge in [-0.3, -0.25) is 4.79 Å². The SMILES string of the molecule is O=C1CSc2cc(C3CNCCO3)ccc2N1. The highest BCUT2D eigenvalue weighted by atomic mass is 32.2. The number of thioether (sulfide) groups is 1. The third kappa shape index (κ3) is 2.31. The molecule has 4 nitrogen and oxygen atoms in total. The van der Waals surface area contributed by atoms with Crippen molar-refractivity contribution in [2.45, 2.75) is 11.0 Å². The Hall–Kier alpha value is -1.04. The van der Waals surface area contributed by atoms with Gasteiger partial charge in [0.15, 0.2) is 0 Å². The highest BCUT2D eigenvalue weighted by Crippen LogP contribution is 2.34. The van der Waals surface area contributed by atoms with Gasteiger partial charge in [0.1, 0.15) is 0 Å². The third-order valence-electron chi connectivity index (χ3n) is 2.94. The molecule has 1 saturated heterocycles. The Morgan fingerprint density at radius 1 is 1.41 bits per heavy atom. The molecule has 1 atom stereocenters. The van der Waals surface area contributed by atoms with Gasteiger partial charge in [0.05, 0.1) is 24.2 Å². The number of morpholine rings is 1. The highest BCUT2D eigenvalue weighted by Gasteiger charge is 2.20. The molecule has 0 aromatic heterocycles. The van der Waals surface area contributed by atoms with Crippen LogP contribution < -0.4 is 10.6 Å². The number of ether oxygens (including phenoxy) is 1. The van der Waals surface area contributed by atoms with Gasteiger partial charge in [-0.15, -0.1) is 11.8 Å². The Bertz CT molecular complexity index is 444. The quantitative estimate of drug-likeness (QED) is 0.791. The molecule has 1 aromatic carbocycles. The molecule has 0 bridgehead atoms. The maximum atomic E-state index is 11.2. The molecule has 2 heterocycles. The van der Waals surface area contributed by atoms with E-state index in [0.29, 0.717) is 5.75 Å². The van der Waals surface area contributed by atoms with Crippen LogP contribution in [-0.4, -0.2) is 31.4 Å². The van der Waals surface area contributed by atoms with Crippen LogP contribution in [-0.2, 0) is 9.53 Å². The van der Waals surface area contributed by atoms with E-state index < -0.39 is 0 Å². The lowest BCUT2D eigenvalue weighted by atomic mass is 10.1.